The third-order valence-electron chi connectivity index (χ3n) is 3.06. The Labute approximate surface area is 148 Å². The van der Waals surface area contributed by atoms with Gasteiger partial charge in [0.15, 0.2) is 5.76 Å². The Kier molecular flexibility index (Phi) is 4.85. The van der Waals surface area contributed by atoms with Gasteiger partial charge in [0.25, 0.3) is 11.1 Å². The van der Waals surface area contributed by atoms with E-state index in [2.05, 4.69) is 10.2 Å². The zero-order valence-electron chi connectivity index (χ0n) is 12.7. The topological polar surface area (TPSA) is 89.4 Å². The van der Waals surface area contributed by atoms with E-state index < -0.39 is 17.7 Å². The summed E-state index contributed by atoms with van der Waals surface area (Å²) in [5, 5.41) is 16.6. The largest absolute Gasteiger partial charge is 0.477 e. The summed E-state index contributed by atoms with van der Waals surface area (Å²) in [5.41, 5.74) is -0.797. The molecular formula is C16H9F3N2O4S. The number of alkyl halides is 3. The minimum Gasteiger partial charge on any atom is -0.477 e. The lowest BCUT2D eigenvalue weighted by molar-refractivity contribution is -0.137. The van der Waals surface area contributed by atoms with Gasteiger partial charge in [-0.15, -0.1) is 10.2 Å². The number of carbonyl (C=O) groups is 1. The first-order chi connectivity index (χ1) is 12.3. The van der Waals surface area contributed by atoms with Crippen molar-refractivity contribution < 1.29 is 31.9 Å². The van der Waals surface area contributed by atoms with Gasteiger partial charge in [0, 0.05) is 0 Å². The molecule has 0 spiro atoms. The fraction of sp³-hybridized carbons (Fsp3) is 0.0625. The van der Waals surface area contributed by atoms with Crippen LogP contribution < -0.4 is 0 Å². The second kappa shape index (κ2) is 7.08. The number of furan rings is 1. The molecule has 134 valence electrons. The van der Waals surface area contributed by atoms with Crippen LogP contribution in [-0.4, -0.2) is 21.3 Å². The van der Waals surface area contributed by atoms with Crippen molar-refractivity contribution in [2.45, 2.75) is 11.4 Å². The second-order valence-electron chi connectivity index (χ2n) is 4.89. The predicted molar refractivity (Wildman–Crippen MR) is 84.9 cm³/mol. The summed E-state index contributed by atoms with van der Waals surface area (Å²) in [6.07, 6.45) is -2.02. The van der Waals surface area contributed by atoms with Crippen LogP contribution in [-0.2, 0) is 11.0 Å². The number of rotatable bonds is 5. The minimum atomic E-state index is -4.52. The molecule has 0 amide bonds. The van der Waals surface area contributed by atoms with Gasteiger partial charge in [0.05, 0.1) is 11.8 Å². The lowest BCUT2D eigenvalue weighted by atomic mass is 10.1. The first-order valence-corrected chi connectivity index (χ1v) is 7.82. The molecule has 0 aliphatic heterocycles. The number of hydrogen-bond donors (Lipinski definition) is 1. The van der Waals surface area contributed by atoms with Crippen LogP contribution in [0, 0.1) is 0 Å². The summed E-state index contributed by atoms with van der Waals surface area (Å²) in [7, 11) is 0. The summed E-state index contributed by atoms with van der Waals surface area (Å²) in [4.78, 5) is 11.1. The van der Waals surface area contributed by atoms with E-state index in [1.807, 2.05) is 0 Å². The molecule has 3 aromatic rings. The molecule has 0 fully saturated rings. The summed E-state index contributed by atoms with van der Waals surface area (Å²) >= 11 is 0.621. The van der Waals surface area contributed by atoms with Crippen molar-refractivity contribution in [2.24, 2.45) is 0 Å². The summed E-state index contributed by atoms with van der Waals surface area (Å²) in [5.74, 6) is -0.977. The second-order valence-corrected chi connectivity index (χ2v) is 5.88. The molecule has 0 bridgehead atoms. The molecule has 1 N–H and O–H groups in total. The highest BCUT2D eigenvalue weighted by molar-refractivity contribution is 8.03. The molecule has 0 aliphatic rings. The number of hydrogen-bond acceptors (Lipinski definition) is 6. The summed E-state index contributed by atoms with van der Waals surface area (Å²) in [6.45, 7) is 0. The van der Waals surface area contributed by atoms with Crippen LogP contribution in [0.25, 0.3) is 17.7 Å². The highest BCUT2D eigenvalue weighted by atomic mass is 32.2. The molecule has 2 aromatic heterocycles. The smallest absolute Gasteiger partial charge is 0.416 e. The fourth-order valence-corrected chi connectivity index (χ4v) is 2.61. The molecule has 2 heterocycles. The zero-order valence-corrected chi connectivity index (χ0v) is 13.5. The van der Waals surface area contributed by atoms with E-state index in [4.69, 9.17) is 8.83 Å². The highest BCUT2D eigenvalue weighted by Crippen LogP contribution is 2.32. The van der Waals surface area contributed by atoms with E-state index in [0.717, 1.165) is 18.2 Å². The van der Waals surface area contributed by atoms with Crippen molar-refractivity contribution in [3.05, 3.63) is 58.7 Å². The quantitative estimate of drug-likeness (QED) is 0.511. The van der Waals surface area contributed by atoms with Crippen LogP contribution >= 0.6 is 11.8 Å². The normalized spacial score (nSPS) is 12.3. The van der Waals surface area contributed by atoms with Gasteiger partial charge < -0.3 is 13.9 Å². The van der Waals surface area contributed by atoms with Gasteiger partial charge in [-0.1, -0.05) is 12.1 Å². The van der Waals surface area contributed by atoms with E-state index in [-0.39, 0.29) is 21.6 Å². The van der Waals surface area contributed by atoms with Crippen molar-refractivity contribution in [3.8, 4) is 11.7 Å². The van der Waals surface area contributed by atoms with Gasteiger partial charge in [-0.05, 0) is 47.7 Å². The Morgan fingerprint density at radius 2 is 2.00 bits per heavy atom. The Morgan fingerprint density at radius 3 is 2.65 bits per heavy atom. The predicted octanol–water partition coefficient (Wildman–Crippen LogP) is 4.57. The van der Waals surface area contributed by atoms with Crippen LogP contribution in [0.2, 0.25) is 0 Å². The Balaban J connectivity index is 1.86. The van der Waals surface area contributed by atoms with Gasteiger partial charge in [0.2, 0.25) is 0 Å². The summed E-state index contributed by atoms with van der Waals surface area (Å²) < 4.78 is 48.7. The highest BCUT2D eigenvalue weighted by Gasteiger charge is 2.30. The minimum absolute atomic E-state index is 0.0568. The van der Waals surface area contributed by atoms with E-state index in [0.29, 0.717) is 17.5 Å². The van der Waals surface area contributed by atoms with Gasteiger partial charge in [-0.2, -0.15) is 13.2 Å². The van der Waals surface area contributed by atoms with Crippen LogP contribution in [0.3, 0.4) is 0 Å². The van der Waals surface area contributed by atoms with E-state index >= 15 is 0 Å². The maximum Gasteiger partial charge on any atom is 0.416 e. The monoisotopic (exact) mass is 382 g/mol. The Hall–Kier alpha value is -3.01. The van der Waals surface area contributed by atoms with Crippen molar-refractivity contribution in [1.29, 1.82) is 0 Å². The van der Waals surface area contributed by atoms with Gasteiger partial charge >= 0.3 is 12.1 Å². The van der Waals surface area contributed by atoms with Crippen LogP contribution in [0.4, 0.5) is 13.2 Å². The lowest BCUT2D eigenvalue weighted by Crippen LogP contribution is -2.04. The number of carboxylic acids is 1. The van der Waals surface area contributed by atoms with E-state index in [9.17, 15) is 23.1 Å². The number of carboxylic acid groups (broad SMARTS) is 1. The van der Waals surface area contributed by atoms with Gasteiger partial charge in [-0.3, -0.25) is 0 Å². The lowest BCUT2D eigenvalue weighted by Gasteiger charge is -2.07. The number of aliphatic carboxylic acids is 1. The summed E-state index contributed by atoms with van der Waals surface area (Å²) in [6, 6.07) is 7.51. The van der Waals surface area contributed by atoms with Crippen LogP contribution in [0.1, 0.15) is 11.1 Å². The molecule has 0 saturated carbocycles. The molecule has 3 rings (SSSR count). The molecule has 0 atom stereocenters. The molecular weight excluding hydrogens is 373 g/mol. The molecule has 6 nitrogen and oxygen atoms in total. The molecule has 10 heteroatoms. The van der Waals surface area contributed by atoms with Crippen molar-refractivity contribution in [2.75, 3.05) is 0 Å². The van der Waals surface area contributed by atoms with Crippen molar-refractivity contribution >= 4 is 23.8 Å². The average Bonchev–Trinajstić information content (AvgIpc) is 3.25. The molecule has 26 heavy (non-hydrogen) atoms. The van der Waals surface area contributed by atoms with Crippen molar-refractivity contribution in [3.63, 3.8) is 0 Å². The van der Waals surface area contributed by atoms with E-state index in [1.165, 1.54) is 18.4 Å². The molecule has 0 saturated heterocycles. The maximum absolute atomic E-state index is 12.8. The third kappa shape index (κ3) is 4.14. The van der Waals surface area contributed by atoms with Crippen LogP contribution in [0.15, 0.2) is 61.6 Å². The standard InChI is InChI=1S/C16H9F3N2O4S/c17-16(18,19)10-4-1-3-9(7-10)8-12(14(22)23)26-15-21-20-13(25-15)11-5-2-6-24-11/h1-8H,(H,22,23)/b12-8+. The fourth-order valence-electron chi connectivity index (χ4n) is 1.94. The Bertz CT molecular complexity index is 949. The molecule has 0 unspecified atom stereocenters. The van der Waals surface area contributed by atoms with Crippen molar-refractivity contribution in [1.82, 2.24) is 10.2 Å². The average molecular weight is 382 g/mol. The Morgan fingerprint density at radius 1 is 1.19 bits per heavy atom. The third-order valence-corrected chi connectivity index (χ3v) is 3.91. The number of aromatic nitrogens is 2. The first kappa shape index (κ1) is 17.8. The first-order valence-electron chi connectivity index (χ1n) is 7.00. The van der Waals surface area contributed by atoms with E-state index in [1.54, 1.807) is 12.1 Å². The number of halogens is 3. The number of thioether (sulfide) groups is 1. The maximum atomic E-state index is 12.8. The van der Waals surface area contributed by atoms with Gasteiger partial charge in [0.1, 0.15) is 4.91 Å². The SMILES string of the molecule is O=C(O)/C(=C\c1cccc(C(F)(F)F)c1)Sc1nnc(-c2ccco2)o1. The number of nitrogens with zero attached hydrogens (tertiary/aromatic N) is 2. The van der Waals surface area contributed by atoms with Gasteiger partial charge in [-0.25, -0.2) is 4.79 Å². The zero-order chi connectivity index (χ0) is 18.7. The van der Waals surface area contributed by atoms with Crippen LogP contribution in [0.5, 0.6) is 0 Å². The molecule has 0 radical (unpaired) electrons. The molecule has 0 aliphatic carbocycles. The number of benzene rings is 1. The molecule has 1 aromatic carbocycles.